The predicted octanol–water partition coefficient (Wildman–Crippen LogP) is 3.90. The number of esters is 2. The van der Waals surface area contributed by atoms with Gasteiger partial charge in [-0.15, -0.1) is 0 Å². The Balaban J connectivity index is 2.29. The van der Waals surface area contributed by atoms with Crippen LogP contribution in [0.1, 0.15) is 20.8 Å². The average molecular weight is 471 g/mol. The van der Waals surface area contributed by atoms with Crippen LogP contribution in [0.4, 0.5) is 28.4 Å². The van der Waals surface area contributed by atoms with Crippen molar-refractivity contribution in [2.24, 2.45) is 10.2 Å². The third-order valence-corrected chi connectivity index (χ3v) is 4.31. The fraction of sp³-hybridized carbons (Fsp3) is 0.318. The highest BCUT2D eigenvalue weighted by Crippen LogP contribution is 2.31. The van der Waals surface area contributed by atoms with Gasteiger partial charge in [-0.05, 0) is 30.3 Å². The second-order valence-electron chi connectivity index (χ2n) is 7.02. The summed E-state index contributed by atoms with van der Waals surface area (Å²) in [6, 6.07) is 10.6. The lowest BCUT2D eigenvalue weighted by Crippen LogP contribution is -2.32. The SMILES string of the molecule is CC(=O)Nc1cc(N=Nc2ccc([N+](=O)[O-])cc2)ccc1N(CCOC(C)=O)CCOC(C)=O. The molecule has 1 amide bonds. The van der Waals surface area contributed by atoms with Gasteiger partial charge < -0.3 is 19.7 Å². The Morgan fingerprint density at radius 2 is 1.44 bits per heavy atom. The Kier molecular flexibility index (Phi) is 9.62. The monoisotopic (exact) mass is 471 g/mol. The predicted molar refractivity (Wildman–Crippen MR) is 123 cm³/mol. The molecule has 0 unspecified atom stereocenters. The molecule has 12 heteroatoms. The normalized spacial score (nSPS) is 10.6. The topological polar surface area (TPSA) is 153 Å². The summed E-state index contributed by atoms with van der Waals surface area (Å²) in [6.07, 6.45) is 0. The first-order valence-electron chi connectivity index (χ1n) is 10.2. The van der Waals surface area contributed by atoms with Crippen molar-refractivity contribution in [3.05, 3.63) is 52.6 Å². The smallest absolute Gasteiger partial charge is 0.302 e. The molecule has 0 bridgehead atoms. The van der Waals surface area contributed by atoms with E-state index in [2.05, 4.69) is 15.5 Å². The van der Waals surface area contributed by atoms with E-state index in [1.54, 1.807) is 23.1 Å². The van der Waals surface area contributed by atoms with Gasteiger partial charge in [-0.2, -0.15) is 10.2 Å². The van der Waals surface area contributed by atoms with E-state index in [0.717, 1.165) is 0 Å². The number of nitrogens with one attached hydrogen (secondary N) is 1. The van der Waals surface area contributed by atoms with Gasteiger partial charge in [-0.3, -0.25) is 24.5 Å². The number of nitro benzene ring substituents is 1. The van der Waals surface area contributed by atoms with Crippen molar-refractivity contribution in [1.82, 2.24) is 0 Å². The zero-order valence-corrected chi connectivity index (χ0v) is 19.0. The van der Waals surface area contributed by atoms with Crippen LogP contribution in [0.5, 0.6) is 0 Å². The molecular formula is C22H25N5O7. The second-order valence-corrected chi connectivity index (χ2v) is 7.02. The maximum atomic E-state index is 11.8. The van der Waals surface area contributed by atoms with Crippen molar-refractivity contribution >= 4 is 46.3 Å². The molecule has 0 saturated heterocycles. The number of nitro groups is 1. The van der Waals surface area contributed by atoms with Gasteiger partial charge in [-0.25, -0.2) is 0 Å². The molecule has 0 atom stereocenters. The van der Waals surface area contributed by atoms with Gasteiger partial charge >= 0.3 is 11.9 Å². The van der Waals surface area contributed by atoms with E-state index in [1.165, 1.54) is 45.0 Å². The average Bonchev–Trinajstić information content (AvgIpc) is 2.76. The minimum atomic E-state index is -0.506. The van der Waals surface area contributed by atoms with Gasteiger partial charge in [0.25, 0.3) is 5.69 Å². The van der Waals surface area contributed by atoms with E-state index in [0.29, 0.717) is 22.7 Å². The lowest BCUT2D eigenvalue weighted by molar-refractivity contribution is -0.384. The van der Waals surface area contributed by atoms with Crippen molar-refractivity contribution in [3.8, 4) is 0 Å². The maximum Gasteiger partial charge on any atom is 0.302 e. The van der Waals surface area contributed by atoms with E-state index in [9.17, 15) is 24.5 Å². The number of rotatable bonds is 11. The summed E-state index contributed by atoms with van der Waals surface area (Å²) in [7, 11) is 0. The molecule has 0 spiro atoms. The highest BCUT2D eigenvalue weighted by Gasteiger charge is 2.15. The number of nitrogens with zero attached hydrogens (tertiary/aromatic N) is 4. The lowest BCUT2D eigenvalue weighted by atomic mass is 10.2. The summed E-state index contributed by atoms with van der Waals surface area (Å²) in [6.45, 7) is 4.73. The van der Waals surface area contributed by atoms with E-state index < -0.39 is 16.9 Å². The summed E-state index contributed by atoms with van der Waals surface area (Å²) in [5.74, 6) is -1.17. The molecule has 0 aliphatic rings. The molecule has 0 radical (unpaired) electrons. The number of anilines is 2. The van der Waals surface area contributed by atoms with Crippen LogP contribution in [0.25, 0.3) is 0 Å². The Morgan fingerprint density at radius 1 is 0.912 bits per heavy atom. The molecule has 2 aromatic rings. The highest BCUT2D eigenvalue weighted by atomic mass is 16.6. The van der Waals surface area contributed by atoms with Gasteiger partial charge in [0.2, 0.25) is 5.91 Å². The Bertz CT molecular complexity index is 1050. The van der Waals surface area contributed by atoms with Crippen molar-refractivity contribution in [2.75, 3.05) is 36.5 Å². The number of hydrogen-bond donors (Lipinski definition) is 1. The van der Waals surface area contributed by atoms with Gasteiger partial charge in [0.15, 0.2) is 0 Å². The van der Waals surface area contributed by atoms with E-state index in [4.69, 9.17) is 9.47 Å². The Hall–Kier alpha value is -4.35. The molecular weight excluding hydrogens is 446 g/mol. The molecule has 34 heavy (non-hydrogen) atoms. The van der Waals surface area contributed by atoms with Crippen molar-refractivity contribution in [3.63, 3.8) is 0 Å². The number of ether oxygens (including phenoxy) is 2. The second kappa shape index (κ2) is 12.6. The van der Waals surface area contributed by atoms with Crippen molar-refractivity contribution < 1.29 is 28.8 Å². The molecule has 2 rings (SSSR count). The van der Waals surface area contributed by atoms with Crippen molar-refractivity contribution in [2.45, 2.75) is 20.8 Å². The number of azo groups is 1. The quantitative estimate of drug-likeness (QED) is 0.224. The van der Waals surface area contributed by atoms with Gasteiger partial charge in [0, 0.05) is 32.9 Å². The highest BCUT2D eigenvalue weighted by molar-refractivity contribution is 5.93. The zero-order valence-electron chi connectivity index (χ0n) is 19.0. The molecule has 0 aliphatic carbocycles. The van der Waals surface area contributed by atoms with Crippen molar-refractivity contribution in [1.29, 1.82) is 0 Å². The number of non-ortho nitro benzene ring substituents is 1. The first-order chi connectivity index (χ1) is 16.2. The molecule has 0 aliphatic heterocycles. The van der Waals surface area contributed by atoms with Gasteiger partial charge in [0.1, 0.15) is 13.2 Å². The summed E-state index contributed by atoms with van der Waals surface area (Å²) in [5.41, 5.74) is 1.81. The molecule has 12 nitrogen and oxygen atoms in total. The molecule has 0 saturated carbocycles. The summed E-state index contributed by atoms with van der Waals surface area (Å²) < 4.78 is 10.1. The van der Waals surface area contributed by atoms with Gasteiger partial charge in [-0.1, -0.05) is 0 Å². The molecule has 0 aromatic heterocycles. The minimum Gasteiger partial charge on any atom is -0.464 e. The molecule has 0 fully saturated rings. The number of carbonyl (C=O) groups excluding carboxylic acids is 3. The van der Waals surface area contributed by atoms with E-state index in [-0.39, 0.29) is 37.9 Å². The number of benzene rings is 2. The summed E-state index contributed by atoms with van der Waals surface area (Å²) >= 11 is 0. The van der Waals surface area contributed by atoms with Crippen LogP contribution < -0.4 is 10.2 Å². The zero-order chi connectivity index (χ0) is 25.1. The molecule has 2 aromatic carbocycles. The van der Waals surface area contributed by atoms with Gasteiger partial charge in [0.05, 0.1) is 40.8 Å². The van der Waals surface area contributed by atoms with Crippen LogP contribution in [0.2, 0.25) is 0 Å². The van der Waals surface area contributed by atoms with Crippen LogP contribution in [-0.2, 0) is 23.9 Å². The molecule has 1 N–H and O–H groups in total. The summed E-state index contributed by atoms with van der Waals surface area (Å²) in [5, 5.41) is 21.7. The largest absolute Gasteiger partial charge is 0.464 e. The lowest BCUT2D eigenvalue weighted by Gasteiger charge is -2.27. The molecule has 180 valence electrons. The standard InChI is InChI=1S/C22H25N5O7/c1-15(28)23-21-14-19(25-24-18-4-7-20(8-5-18)27(31)32)6-9-22(21)26(10-12-33-16(2)29)11-13-34-17(3)30/h4-9,14H,10-13H2,1-3H3,(H,23,28). The van der Waals surface area contributed by atoms with Crippen LogP contribution >= 0.6 is 0 Å². The third kappa shape index (κ3) is 8.65. The third-order valence-electron chi connectivity index (χ3n) is 4.31. The van der Waals surface area contributed by atoms with E-state index >= 15 is 0 Å². The number of carbonyl (C=O) groups is 3. The maximum absolute atomic E-state index is 11.8. The number of hydrogen-bond acceptors (Lipinski definition) is 10. The fourth-order valence-corrected chi connectivity index (χ4v) is 2.86. The van der Waals surface area contributed by atoms with E-state index in [1.807, 2.05) is 0 Å². The van der Waals surface area contributed by atoms with Crippen LogP contribution in [0, 0.1) is 10.1 Å². The Labute approximate surface area is 195 Å². The first kappa shape index (κ1) is 25.9. The Morgan fingerprint density at radius 3 is 1.94 bits per heavy atom. The van der Waals surface area contributed by atoms with Crippen LogP contribution in [0.3, 0.4) is 0 Å². The van der Waals surface area contributed by atoms with Crippen LogP contribution in [-0.4, -0.2) is 49.1 Å². The van der Waals surface area contributed by atoms with Crippen LogP contribution in [0.15, 0.2) is 52.7 Å². The summed E-state index contributed by atoms with van der Waals surface area (Å²) in [4.78, 5) is 46.1. The number of amides is 1. The fourth-order valence-electron chi connectivity index (χ4n) is 2.86. The first-order valence-corrected chi connectivity index (χ1v) is 10.2. The minimum absolute atomic E-state index is 0.0566. The molecule has 0 heterocycles.